The van der Waals surface area contributed by atoms with Gasteiger partial charge in [0.05, 0.1) is 42.5 Å². The van der Waals surface area contributed by atoms with Crippen molar-refractivity contribution in [3.05, 3.63) is 59.8 Å². The van der Waals surface area contributed by atoms with Gasteiger partial charge >= 0.3 is 12.1 Å². The Bertz CT molecular complexity index is 1810. The van der Waals surface area contributed by atoms with E-state index in [0.717, 1.165) is 22.2 Å². The molecule has 5 heterocycles. The fraction of sp³-hybridized carbons (Fsp3) is 0.628. The van der Waals surface area contributed by atoms with E-state index < -0.39 is 59.8 Å². The van der Waals surface area contributed by atoms with Crippen molar-refractivity contribution in [2.45, 2.75) is 122 Å². The van der Waals surface area contributed by atoms with Crippen LogP contribution in [-0.4, -0.2) is 125 Å². The summed E-state index contributed by atoms with van der Waals surface area (Å²) in [7, 11) is 3.89. The van der Waals surface area contributed by atoms with E-state index in [9.17, 15) is 14.7 Å². The third kappa shape index (κ3) is 8.39. The number of aliphatic hydroxyl groups excluding tert-OH is 1. The number of benzene rings is 1. The number of para-hydroxylation sites is 1. The molecule has 0 saturated carbocycles. The van der Waals surface area contributed by atoms with Crippen LogP contribution in [0.5, 0.6) is 0 Å². The van der Waals surface area contributed by atoms with Crippen LogP contribution in [0.2, 0.25) is 0 Å². The molecule has 1 N–H and O–H groups in total. The summed E-state index contributed by atoms with van der Waals surface area (Å²) >= 11 is 0. The lowest BCUT2D eigenvalue weighted by Gasteiger charge is -2.47. The number of aromatic nitrogens is 1. The number of cyclic esters (lactones) is 1. The quantitative estimate of drug-likeness (QED) is 0.333. The minimum atomic E-state index is -1.10. The number of carbonyl (C=O) groups excluding carboxylic acids is 2. The van der Waals surface area contributed by atoms with E-state index in [-0.39, 0.29) is 30.6 Å². The summed E-state index contributed by atoms with van der Waals surface area (Å²) < 4.78 is 32.4. The zero-order valence-electron chi connectivity index (χ0n) is 34.1. The van der Waals surface area contributed by atoms with Gasteiger partial charge in [-0.15, -0.1) is 0 Å². The molecule has 6 rings (SSSR count). The number of carbonyl (C=O) groups is 2. The molecule has 2 bridgehead atoms. The van der Waals surface area contributed by atoms with Gasteiger partial charge in [0.2, 0.25) is 0 Å². The van der Waals surface area contributed by atoms with Crippen molar-refractivity contribution in [3.8, 4) is 0 Å². The number of aliphatic hydroxyl groups is 1. The summed E-state index contributed by atoms with van der Waals surface area (Å²) in [5.41, 5.74) is 1.10. The van der Waals surface area contributed by atoms with Crippen LogP contribution in [0, 0.1) is 17.8 Å². The third-order valence-electron chi connectivity index (χ3n) is 12.3. The second-order valence-electron chi connectivity index (χ2n) is 16.8. The standard InChI is InChI=1S/C43H60N4O8/c1-25-20-26(2)39(49)53-30(6)43(8)37-29(5)35(44-17-18-47(37)41(50)55-43)27(3)23-42(7,38(25)54-40-36(48)34(46(9)10)21-28(4)52-40)51-19-13-14-31-22-32-15-11-12-16-33(32)45-24-31/h11-16,20,22,24-25,27-30,34,36-38,40,48H,17-19,21,23H2,1-10H3/b14-13+,26-20+/t25-,27+,28-,29+,30-,34+,36?,37+,38+,40+,42-,43+/m0/s1. The molecule has 1 amide bonds. The molecule has 4 aliphatic rings. The molecule has 2 fully saturated rings. The summed E-state index contributed by atoms with van der Waals surface area (Å²) in [6, 6.07) is 9.50. The lowest BCUT2D eigenvalue weighted by atomic mass is 9.74. The number of pyridine rings is 1. The van der Waals surface area contributed by atoms with Gasteiger partial charge in [0.1, 0.15) is 12.2 Å². The van der Waals surface area contributed by atoms with Gasteiger partial charge in [-0.05, 0) is 85.2 Å². The Morgan fingerprint density at radius 2 is 1.85 bits per heavy atom. The zero-order chi connectivity index (χ0) is 39.8. The first-order chi connectivity index (χ1) is 26.0. The van der Waals surface area contributed by atoms with Gasteiger partial charge in [0.15, 0.2) is 11.9 Å². The Morgan fingerprint density at radius 3 is 2.60 bits per heavy atom. The summed E-state index contributed by atoms with van der Waals surface area (Å²) in [4.78, 5) is 40.6. The fourth-order valence-corrected chi connectivity index (χ4v) is 9.36. The fourth-order valence-electron chi connectivity index (χ4n) is 9.36. The van der Waals surface area contributed by atoms with E-state index >= 15 is 0 Å². The van der Waals surface area contributed by atoms with Gasteiger partial charge in [-0.25, -0.2) is 9.59 Å². The van der Waals surface area contributed by atoms with Crippen LogP contribution < -0.4 is 0 Å². The Labute approximate surface area is 325 Å². The van der Waals surface area contributed by atoms with Gasteiger partial charge in [-0.1, -0.05) is 57.2 Å². The number of likely N-dealkylation sites (N-methyl/N-ethyl adjacent to an activating group) is 1. The normalized spacial score (nSPS) is 38.6. The van der Waals surface area contributed by atoms with Crippen molar-refractivity contribution in [2.24, 2.45) is 22.7 Å². The average Bonchev–Trinajstić information content (AvgIpc) is 3.26. The number of aliphatic imine (C=N–C) groups is 1. The molecule has 1 aromatic carbocycles. The number of esters is 1. The van der Waals surface area contributed by atoms with E-state index in [1.54, 1.807) is 18.7 Å². The topological polar surface area (TPSA) is 132 Å². The monoisotopic (exact) mass is 760 g/mol. The molecular weight excluding hydrogens is 700 g/mol. The van der Waals surface area contributed by atoms with Crippen molar-refractivity contribution < 1.29 is 38.4 Å². The van der Waals surface area contributed by atoms with Crippen molar-refractivity contribution >= 4 is 34.8 Å². The predicted molar refractivity (Wildman–Crippen MR) is 212 cm³/mol. The minimum absolute atomic E-state index is 0.122. The van der Waals surface area contributed by atoms with Gasteiger partial charge in [0.25, 0.3) is 0 Å². The highest BCUT2D eigenvalue weighted by molar-refractivity contribution is 5.91. The van der Waals surface area contributed by atoms with Gasteiger partial charge < -0.3 is 33.7 Å². The molecule has 12 nitrogen and oxygen atoms in total. The number of amides is 1. The van der Waals surface area contributed by atoms with E-state index in [1.165, 1.54) is 0 Å². The van der Waals surface area contributed by atoms with Crippen molar-refractivity contribution in [3.63, 3.8) is 0 Å². The Kier molecular flexibility index (Phi) is 12.2. The minimum Gasteiger partial charge on any atom is -0.455 e. The van der Waals surface area contributed by atoms with E-state index in [2.05, 4.69) is 24.9 Å². The lowest BCUT2D eigenvalue weighted by Crippen LogP contribution is -2.59. The van der Waals surface area contributed by atoms with E-state index in [4.69, 9.17) is 28.7 Å². The van der Waals surface area contributed by atoms with Gasteiger partial charge in [-0.2, -0.15) is 0 Å². The molecule has 300 valence electrons. The van der Waals surface area contributed by atoms with Crippen LogP contribution in [0.3, 0.4) is 0 Å². The average molecular weight is 761 g/mol. The summed E-state index contributed by atoms with van der Waals surface area (Å²) in [6.07, 6.45) is 4.89. The number of ether oxygens (including phenoxy) is 5. The second kappa shape index (κ2) is 16.4. The Hall–Kier alpha value is -3.68. The third-order valence-corrected chi connectivity index (χ3v) is 12.3. The maximum Gasteiger partial charge on any atom is 0.410 e. The number of fused-ring (bicyclic) bond motifs is 2. The molecule has 1 unspecified atom stereocenters. The lowest BCUT2D eigenvalue weighted by molar-refractivity contribution is -0.295. The molecule has 2 aromatic rings. The van der Waals surface area contributed by atoms with Crippen LogP contribution in [-0.2, 0) is 28.5 Å². The molecule has 2 saturated heterocycles. The van der Waals surface area contributed by atoms with Gasteiger partial charge in [-0.3, -0.25) is 14.9 Å². The number of rotatable bonds is 7. The van der Waals surface area contributed by atoms with Crippen molar-refractivity contribution in [1.82, 2.24) is 14.8 Å². The summed E-state index contributed by atoms with van der Waals surface area (Å²) in [5, 5.41) is 12.7. The van der Waals surface area contributed by atoms with E-state index in [1.807, 2.05) is 95.4 Å². The van der Waals surface area contributed by atoms with Crippen molar-refractivity contribution in [1.29, 1.82) is 0 Å². The highest BCUT2D eigenvalue weighted by atomic mass is 16.7. The molecule has 4 aliphatic heterocycles. The maximum atomic E-state index is 13.8. The van der Waals surface area contributed by atoms with Gasteiger partial charge in [0, 0.05) is 47.3 Å². The predicted octanol–water partition coefficient (Wildman–Crippen LogP) is 6.06. The number of nitrogens with zero attached hydrogens (tertiary/aromatic N) is 4. The second-order valence-corrected chi connectivity index (χ2v) is 16.8. The van der Waals surface area contributed by atoms with E-state index in [0.29, 0.717) is 31.5 Å². The summed E-state index contributed by atoms with van der Waals surface area (Å²) in [5.74, 6) is -1.26. The van der Waals surface area contributed by atoms with Crippen LogP contribution in [0.25, 0.3) is 17.0 Å². The SMILES string of the molecule is C/C1=C\[C@H](C)[C@@H](O[C@H]2O[C@@H](C)C[C@@H](N(C)C)C2O)[C@@](C)(OC/C=C/c2cnc3ccccc3c2)C[C@@H](C)C2=NCCN3C(=O)O[C@](C)([C@H](C)OC1=O)[C@H]3[C@@H]2C. The maximum absolute atomic E-state index is 13.8. The van der Waals surface area contributed by atoms with Crippen LogP contribution in [0.15, 0.2) is 59.2 Å². The number of hydrogen-bond acceptors (Lipinski definition) is 11. The molecule has 1 aromatic heterocycles. The molecule has 55 heavy (non-hydrogen) atoms. The Morgan fingerprint density at radius 1 is 1.11 bits per heavy atom. The summed E-state index contributed by atoms with van der Waals surface area (Å²) in [6.45, 7) is 16.7. The smallest absolute Gasteiger partial charge is 0.410 e. The van der Waals surface area contributed by atoms with Crippen LogP contribution in [0.4, 0.5) is 4.79 Å². The van der Waals surface area contributed by atoms with Crippen LogP contribution >= 0.6 is 0 Å². The number of hydrogen-bond donors (Lipinski definition) is 1. The highest BCUT2D eigenvalue weighted by Crippen LogP contribution is 2.43. The molecule has 0 radical (unpaired) electrons. The molecular formula is C43H60N4O8. The first kappa shape index (κ1) is 41.0. The first-order valence-electron chi connectivity index (χ1n) is 19.8. The zero-order valence-corrected chi connectivity index (χ0v) is 34.1. The largest absolute Gasteiger partial charge is 0.455 e. The molecule has 12 heteroatoms. The molecule has 12 atom stereocenters. The van der Waals surface area contributed by atoms with Crippen LogP contribution in [0.1, 0.15) is 73.8 Å². The first-order valence-corrected chi connectivity index (χ1v) is 19.8. The van der Waals surface area contributed by atoms with Crippen molar-refractivity contribution in [2.75, 3.05) is 33.8 Å². The molecule has 0 aliphatic carbocycles. The Balaban J connectivity index is 1.40. The highest BCUT2D eigenvalue weighted by Gasteiger charge is 2.59. The molecule has 0 spiro atoms.